The molecule has 0 aliphatic carbocycles. The molecule has 3 aromatic rings. The predicted octanol–water partition coefficient (Wildman–Crippen LogP) is 4.61. The van der Waals surface area contributed by atoms with Crippen LogP contribution in [0.4, 0.5) is 17.1 Å². The number of halogens is 1. The summed E-state index contributed by atoms with van der Waals surface area (Å²) in [4.78, 5) is 16.5. The Bertz CT molecular complexity index is 1010. The zero-order chi connectivity index (χ0) is 19.2. The second-order valence-corrected chi connectivity index (χ2v) is 5.96. The molecule has 6 nitrogen and oxygen atoms in total. The van der Waals surface area contributed by atoms with Crippen molar-refractivity contribution in [3.63, 3.8) is 0 Å². The molecule has 0 saturated heterocycles. The van der Waals surface area contributed by atoms with Crippen molar-refractivity contribution in [1.29, 1.82) is 5.26 Å². The maximum Gasteiger partial charge on any atom is 0.274 e. The first-order valence-corrected chi connectivity index (χ1v) is 8.35. The molecule has 1 amide bonds. The van der Waals surface area contributed by atoms with E-state index in [1.54, 1.807) is 54.7 Å². The number of nitrogens with one attached hydrogen (secondary N) is 2. The minimum absolute atomic E-state index is 0.262. The lowest BCUT2D eigenvalue weighted by molar-refractivity contribution is 0.102. The van der Waals surface area contributed by atoms with Gasteiger partial charge in [0.15, 0.2) is 0 Å². The number of hydrogen-bond donors (Lipinski definition) is 2. The molecule has 7 heteroatoms. The summed E-state index contributed by atoms with van der Waals surface area (Å²) in [6.07, 6.45) is 1.55. The Balaban J connectivity index is 1.68. The van der Waals surface area contributed by atoms with Crippen LogP contribution in [0, 0.1) is 11.3 Å². The van der Waals surface area contributed by atoms with Gasteiger partial charge in [-0.25, -0.2) is 4.98 Å². The number of anilines is 3. The second kappa shape index (κ2) is 8.21. The Morgan fingerprint density at radius 3 is 2.59 bits per heavy atom. The van der Waals surface area contributed by atoms with Gasteiger partial charge in [0.2, 0.25) is 0 Å². The lowest BCUT2D eigenvalue weighted by Crippen LogP contribution is -2.13. The normalized spacial score (nSPS) is 9.96. The highest BCUT2D eigenvalue weighted by molar-refractivity contribution is 6.32. The van der Waals surface area contributed by atoms with Gasteiger partial charge in [-0.2, -0.15) is 5.26 Å². The van der Waals surface area contributed by atoms with Crippen LogP contribution >= 0.6 is 11.6 Å². The fraction of sp³-hybridized carbons (Fsp3) is 0.0500. The summed E-state index contributed by atoms with van der Waals surface area (Å²) in [5.74, 6) is 0.179. The van der Waals surface area contributed by atoms with Crippen LogP contribution in [0.1, 0.15) is 16.1 Å². The fourth-order valence-corrected chi connectivity index (χ4v) is 2.63. The van der Waals surface area contributed by atoms with E-state index < -0.39 is 0 Å². The van der Waals surface area contributed by atoms with E-state index in [4.69, 9.17) is 21.6 Å². The Morgan fingerprint density at radius 1 is 1.11 bits per heavy atom. The Labute approximate surface area is 161 Å². The molecule has 0 unspecified atom stereocenters. The van der Waals surface area contributed by atoms with Crippen molar-refractivity contribution < 1.29 is 9.53 Å². The number of carbonyl (C=O) groups is 1. The average molecular weight is 379 g/mol. The summed E-state index contributed by atoms with van der Waals surface area (Å²) in [5, 5.41) is 15.2. The van der Waals surface area contributed by atoms with E-state index in [1.807, 2.05) is 6.07 Å². The molecule has 0 aliphatic heterocycles. The van der Waals surface area contributed by atoms with Gasteiger partial charge in [0.05, 0.1) is 35.6 Å². The first-order chi connectivity index (χ1) is 13.1. The number of amides is 1. The minimum atomic E-state index is -0.353. The number of benzene rings is 2. The topological polar surface area (TPSA) is 87.0 Å². The molecule has 2 aromatic carbocycles. The van der Waals surface area contributed by atoms with Crippen LogP contribution in [-0.4, -0.2) is 18.0 Å². The number of aromatic nitrogens is 1. The van der Waals surface area contributed by atoms with Crippen molar-refractivity contribution in [3.8, 4) is 11.8 Å². The van der Waals surface area contributed by atoms with Gasteiger partial charge in [0.25, 0.3) is 5.91 Å². The van der Waals surface area contributed by atoms with Gasteiger partial charge in [-0.15, -0.1) is 0 Å². The number of pyridine rings is 1. The molecule has 1 aromatic heterocycles. The molecular formula is C20H15ClN4O2. The van der Waals surface area contributed by atoms with Gasteiger partial charge < -0.3 is 15.4 Å². The Morgan fingerprint density at radius 2 is 1.93 bits per heavy atom. The van der Waals surface area contributed by atoms with Crippen LogP contribution in [-0.2, 0) is 0 Å². The van der Waals surface area contributed by atoms with Crippen molar-refractivity contribution in [2.45, 2.75) is 0 Å². The van der Waals surface area contributed by atoms with E-state index in [0.717, 1.165) is 5.69 Å². The van der Waals surface area contributed by atoms with Gasteiger partial charge in [-0.1, -0.05) is 17.7 Å². The summed E-state index contributed by atoms with van der Waals surface area (Å²) in [7, 11) is 1.52. The van der Waals surface area contributed by atoms with E-state index in [2.05, 4.69) is 21.7 Å². The standard InChI is InChI=1S/C20H15ClN4O2/c1-27-19-8-6-15(10-17(19)21)25-20(26)18-7-5-16(12-23-18)24-14-4-2-3-13(9-14)11-22/h2-10,12,24H,1H3,(H,25,26). The number of ether oxygens (including phenoxy) is 1. The highest BCUT2D eigenvalue weighted by atomic mass is 35.5. The van der Waals surface area contributed by atoms with Gasteiger partial charge in [0.1, 0.15) is 11.4 Å². The molecule has 0 fully saturated rings. The summed E-state index contributed by atoms with van der Waals surface area (Å²) in [5.41, 5.74) is 2.83. The van der Waals surface area contributed by atoms with E-state index in [1.165, 1.54) is 7.11 Å². The van der Waals surface area contributed by atoms with Gasteiger partial charge >= 0.3 is 0 Å². The maximum atomic E-state index is 12.3. The van der Waals surface area contributed by atoms with Crippen LogP contribution in [0.2, 0.25) is 5.02 Å². The molecule has 0 radical (unpaired) electrons. The highest BCUT2D eigenvalue weighted by Gasteiger charge is 2.09. The molecule has 2 N–H and O–H groups in total. The number of rotatable bonds is 5. The predicted molar refractivity (Wildman–Crippen MR) is 105 cm³/mol. The van der Waals surface area contributed by atoms with Gasteiger partial charge in [0, 0.05) is 11.4 Å². The third-order valence-electron chi connectivity index (χ3n) is 3.69. The number of nitrogens with zero attached hydrogens (tertiary/aromatic N) is 2. The molecule has 3 rings (SSSR count). The van der Waals surface area contributed by atoms with Crippen LogP contribution in [0.5, 0.6) is 5.75 Å². The highest BCUT2D eigenvalue weighted by Crippen LogP contribution is 2.27. The average Bonchev–Trinajstić information content (AvgIpc) is 2.69. The smallest absolute Gasteiger partial charge is 0.274 e. The lowest BCUT2D eigenvalue weighted by atomic mass is 10.2. The van der Waals surface area contributed by atoms with Crippen LogP contribution < -0.4 is 15.4 Å². The molecule has 0 spiro atoms. The number of hydrogen-bond acceptors (Lipinski definition) is 5. The van der Waals surface area contributed by atoms with Crippen molar-refractivity contribution >= 4 is 34.6 Å². The molecular weight excluding hydrogens is 364 g/mol. The zero-order valence-electron chi connectivity index (χ0n) is 14.4. The van der Waals surface area contributed by atoms with Crippen LogP contribution in [0.3, 0.4) is 0 Å². The number of nitriles is 1. The quantitative estimate of drug-likeness (QED) is 0.676. The summed E-state index contributed by atoms with van der Waals surface area (Å²) >= 11 is 6.06. The van der Waals surface area contributed by atoms with Crippen LogP contribution in [0.15, 0.2) is 60.8 Å². The lowest BCUT2D eigenvalue weighted by Gasteiger charge is -2.09. The van der Waals surface area contributed by atoms with E-state index in [0.29, 0.717) is 27.7 Å². The van der Waals surface area contributed by atoms with Gasteiger partial charge in [-0.3, -0.25) is 4.79 Å². The molecule has 134 valence electrons. The summed E-state index contributed by atoms with van der Waals surface area (Å²) < 4.78 is 5.08. The third-order valence-corrected chi connectivity index (χ3v) is 3.98. The van der Waals surface area contributed by atoms with E-state index in [9.17, 15) is 4.79 Å². The summed E-state index contributed by atoms with van der Waals surface area (Å²) in [6.45, 7) is 0. The Kier molecular flexibility index (Phi) is 5.55. The molecule has 27 heavy (non-hydrogen) atoms. The molecule has 0 bridgehead atoms. The van der Waals surface area contributed by atoms with Crippen molar-refractivity contribution in [3.05, 3.63) is 77.1 Å². The van der Waals surface area contributed by atoms with Crippen molar-refractivity contribution in [1.82, 2.24) is 4.98 Å². The minimum Gasteiger partial charge on any atom is -0.495 e. The second-order valence-electron chi connectivity index (χ2n) is 5.55. The number of carbonyl (C=O) groups excluding carboxylic acids is 1. The van der Waals surface area contributed by atoms with Crippen LogP contribution in [0.25, 0.3) is 0 Å². The summed E-state index contributed by atoms with van der Waals surface area (Å²) in [6, 6.07) is 17.5. The largest absolute Gasteiger partial charge is 0.495 e. The first-order valence-electron chi connectivity index (χ1n) is 7.97. The zero-order valence-corrected chi connectivity index (χ0v) is 15.1. The third kappa shape index (κ3) is 4.54. The number of methoxy groups -OCH3 is 1. The fourth-order valence-electron chi connectivity index (χ4n) is 2.37. The van der Waals surface area contributed by atoms with E-state index >= 15 is 0 Å². The van der Waals surface area contributed by atoms with Crippen molar-refractivity contribution in [2.75, 3.05) is 17.7 Å². The van der Waals surface area contributed by atoms with E-state index in [-0.39, 0.29) is 11.6 Å². The SMILES string of the molecule is COc1ccc(NC(=O)c2ccc(Nc3cccc(C#N)c3)cn2)cc1Cl. The van der Waals surface area contributed by atoms with Gasteiger partial charge in [-0.05, 0) is 48.5 Å². The molecule has 1 heterocycles. The molecule has 0 atom stereocenters. The Hall–Kier alpha value is -3.56. The molecule has 0 saturated carbocycles. The molecule has 0 aliphatic rings. The first kappa shape index (κ1) is 18.2. The monoisotopic (exact) mass is 378 g/mol. The maximum absolute atomic E-state index is 12.3. The van der Waals surface area contributed by atoms with Crippen molar-refractivity contribution in [2.24, 2.45) is 0 Å².